The molecule has 0 aliphatic carbocycles. The smallest absolute Gasteiger partial charge is 0.123 e. The number of benzene rings is 2. The summed E-state index contributed by atoms with van der Waals surface area (Å²) in [4.78, 5) is 0. The zero-order valence-corrected chi connectivity index (χ0v) is 28.0. The average molecular weight is 525 g/mol. The number of phenolic OH excluding ortho intramolecular Hbond substituents is 2. The molecule has 0 amide bonds. The predicted octanol–water partition coefficient (Wildman–Crippen LogP) is 10.8. The molecule has 2 heteroatoms. The normalized spacial score (nSPS) is 14.1. The molecule has 2 rings (SSSR count). The third-order valence-corrected chi connectivity index (χ3v) is 7.52. The first-order chi connectivity index (χ1) is 16.7. The van der Waals surface area contributed by atoms with Gasteiger partial charge >= 0.3 is 0 Å². The van der Waals surface area contributed by atoms with Gasteiger partial charge in [-0.05, 0) is 72.8 Å². The van der Waals surface area contributed by atoms with Crippen molar-refractivity contribution in [3.63, 3.8) is 0 Å². The summed E-state index contributed by atoms with van der Waals surface area (Å²) < 4.78 is 0. The van der Waals surface area contributed by atoms with Crippen molar-refractivity contribution in [2.45, 2.75) is 157 Å². The highest BCUT2D eigenvalue weighted by Gasteiger charge is 2.29. The van der Waals surface area contributed by atoms with Crippen LogP contribution in [0.25, 0.3) is 0 Å². The summed E-state index contributed by atoms with van der Waals surface area (Å²) in [6.45, 7) is 37.0. The van der Waals surface area contributed by atoms with Crippen molar-refractivity contribution >= 4 is 0 Å². The van der Waals surface area contributed by atoms with Crippen molar-refractivity contribution in [2.75, 3.05) is 0 Å². The molecular formula is C36H60O2. The zero-order valence-electron chi connectivity index (χ0n) is 28.0. The molecule has 1 unspecified atom stereocenters. The lowest BCUT2D eigenvalue weighted by Crippen LogP contribution is -2.21. The van der Waals surface area contributed by atoms with Crippen LogP contribution in [-0.2, 0) is 27.1 Å². The largest absolute Gasteiger partial charge is 0.507 e. The molecule has 0 saturated heterocycles. The molecule has 0 aliphatic rings. The van der Waals surface area contributed by atoms with E-state index >= 15 is 0 Å². The SMILES string of the molecule is CC(C)(C)c1cc(C(C)(C)C)c(O)c(C(C)(C)C)c1.CCC(C)c1cc(C(C)(C)C)c(O)c(C(C)(C)C)c1. The molecule has 1 atom stereocenters. The number of hydrogen-bond donors (Lipinski definition) is 2. The van der Waals surface area contributed by atoms with Crippen molar-refractivity contribution in [3.8, 4) is 11.5 Å². The minimum atomic E-state index is -0.0503. The molecule has 2 nitrogen and oxygen atoms in total. The Bertz CT molecular complexity index is 1010. The summed E-state index contributed by atoms with van der Waals surface area (Å²) in [7, 11) is 0. The topological polar surface area (TPSA) is 40.5 Å². The van der Waals surface area contributed by atoms with E-state index in [0.29, 0.717) is 17.4 Å². The van der Waals surface area contributed by atoms with Crippen molar-refractivity contribution in [1.82, 2.24) is 0 Å². The highest BCUT2D eigenvalue weighted by Crippen LogP contribution is 2.43. The maximum Gasteiger partial charge on any atom is 0.123 e. The lowest BCUT2D eigenvalue weighted by Gasteiger charge is -2.31. The molecule has 0 saturated carbocycles. The Morgan fingerprint density at radius 3 is 0.974 bits per heavy atom. The van der Waals surface area contributed by atoms with Gasteiger partial charge in [0, 0.05) is 0 Å². The molecule has 0 heterocycles. The first-order valence-corrected chi connectivity index (χ1v) is 14.5. The van der Waals surface area contributed by atoms with Gasteiger partial charge in [-0.3, -0.25) is 0 Å². The molecular weight excluding hydrogens is 464 g/mol. The first kappa shape index (κ1) is 34.1. The van der Waals surface area contributed by atoms with E-state index in [1.165, 1.54) is 11.1 Å². The molecule has 216 valence electrons. The molecule has 2 aromatic rings. The van der Waals surface area contributed by atoms with Gasteiger partial charge in [-0.25, -0.2) is 0 Å². The molecule has 0 bridgehead atoms. The summed E-state index contributed by atoms with van der Waals surface area (Å²) in [5, 5.41) is 21.3. The second kappa shape index (κ2) is 11.3. The highest BCUT2D eigenvalue weighted by molar-refractivity contribution is 5.52. The Hall–Kier alpha value is -1.96. The second-order valence-corrected chi connectivity index (χ2v) is 16.4. The van der Waals surface area contributed by atoms with E-state index in [1.54, 1.807) is 0 Å². The van der Waals surface area contributed by atoms with Crippen LogP contribution in [0.1, 0.15) is 163 Å². The third kappa shape index (κ3) is 8.52. The van der Waals surface area contributed by atoms with Gasteiger partial charge in [-0.1, -0.05) is 142 Å². The minimum absolute atomic E-state index is 0.0342. The first-order valence-electron chi connectivity index (χ1n) is 14.5. The maximum atomic E-state index is 10.7. The van der Waals surface area contributed by atoms with Crippen LogP contribution in [-0.4, -0.2) is 10.2 Å². The van der Waals surface area contributed by atoms with Gasteiger partial charge < -0.3 is 10.2 Å². The summed E-state index contributed by atoms with van der Waals surface area (Å²) in [6, 6.07) is 8.73. The van der Waals surface area contributed by atoms with Gasteiger partial charge in [0.1, 0.15) is 11.5 Å². The Morgan fingerprint density at radius 1 is 0.500 bits per heavy atom. The monoisotopic (exact) mass is 524 g/mol. The van der Waals surface area contributed by atoms with E-state index in [0.717, 1.165) is 28.7 Å². The molecule has 38 heavy (non-hydrogen) atoms. The number of hydrogen-bond acceptors (Lipinski definition) is 2. The third-order valence-electron chi connectivity index (χ3n) is 7.52. The van der Waals surface area contributed by atoms with Gasteiger partial charge in [0.2, 0.25) is 0 Å². The van der Waals surface area contributed by atoms with Gasteiger partial charge in [0.05, 0.1) is 0 Å². The fraction of sp³-hybridized carbons (Fsp3) is 0.667. The number of aromatic hydroxyl groups is 2. The average Bonchev–Trinajstić information content (AvgIpc) is 2.69. The molecule has 2 aromatic carbocycles. The summed E-state index contributed by atoms with van der Waals surface area (Å²) in [5.41, 5.74) is 6.78. The standard InChI is InChI=1S/2C18H30O/c1-16(2,3)12-10-13(17(4,5)6)15(19)14(11-12)18(7,8)9;1-9-12(2)13-10-14(17(3,4)5)16(19)15(11-13)18(6,7)8/h10-11,19H,1-9H3;10-12,19H,9H2,1-8H3. The van der Waals surface area contributed by atoms with Crippen LogP contribution in [0.15, 0.2) is 24.3 Å². The van der Waals surface area contributed by atoms with Crippen molar-refractivity contribution in [3.05, 3.63) is 57.6 Å². The fourth-order valence-electron chi connectivity index (χ4n) is 4.53. The van der Waals surface area contributed by atoms with Gasteiger partial charge in [0.15, 0.2) is 0 Å². The summed E-state index contributed by atoms with van der Waals surface area (Å²) in [5.74, 6) is 1.47. The molecule has 0 radical (unpaired) electrons. The maximum absolute atomic E-state index is 10.7. The van der Waals surface area contributed by atoms with E-state index in [2.05, 4.69) is 142 Å². The van der Waals surface area contributed by atoms with E-state index in [9.17, 15) is 10.2 Å². The second-order valence-electron chi connectivity index (χ2n) is 16.4. The van der Waals surface area contributed by atoms with Crippen LogP contribution in [0.4, 0.5) is 0 Å². The van der Waals surface area contributed by atoms with Crippen LogP contribution < -0.4 is 0 Å². The van der Waals surface area contributed by atoms with Crippen LogP contribution in [0, 0.1) is 0 Å². The van der Waals surface area contributed by atoms with Crippen LogP contribution in [0.5, 0.6) is 11.5 Å². The van der Waals surface area contributed by atoms with Crippen molar-refractivity contribution < 1.29 is 10.2 Å². The molecule has 2 N–H and O–H groups in total. The zero-order chi connectivity index (χ0) is 30.2. The quantitative estimate of drug-likeness (QED) is 0.410. The van der Waals surface area contributed by atoms with E-state index in [-0.39, 0.29) is 27.1 Å². The lowest BCUT2D eigenvalue weighted by molar-refractivity contribution is 0.420. The molecule has 0 fully saturated rings. The molecule has 0 aromatic heterocycles. The van der Waals surface area contributed by atoms with E-state index in [1.807, 2.05) is 0 Å². The van der Waals surface area contributed by atoms with E-state index in [4.69, 9.17) is 0 Å². The number of rotatable bonds is 2. The number of phenols is 2. The van der Waals surface area contributed by atoms with Gasteiger partial charge in [0.25, 0.3) is 0 Å². The predicted molar refractivity (Wildman–Crippen MR) is 168 cm³/mol. The Morgan fingerprint density at radius 2 is 0.763 bits per heavy atom. The van der Waals surface area contributed by atoms with Crippen molar-refractivity contribution in [1.29, 1.82) is 0 Å². The highest BCUT2D eigenvalue weighted by atomic mass is 16.3. The molecule has 0 aliphatic heterocycles. The van der Waals surface area contributed by atoms with Gasteiger partial charge in [-0.2, -0.15) is 0 Å². The van der Waals surface area contributed by atoms with Crippen LogP contribution in [0.3, 0.4) is 0 Å². The van der Waals surface area contributed by atoms with Crippen molar-refractivity contribution in [2.24, 2.45) is 0 Å². The van der Waals surface area contributed by atoms with Crippen LogP contribution >= 0.6 is 0 Å². The van der Waals surface area contributed by atoms with Crippen LogP contribution in [0.2, 0.25) is 0 Å². The lowest BCUT2D eigenvalue weighted by atomic mass is 9.75. The molecule has 0 spiro atoms. The Kier molecular flexibility index (Phi) is 10.1. The van der Waals surface area contributed by atoms with Gasteiger partial charge in [-0.15, -0.1) is 0 Å². The Labute approximate surface area is 236 Å². The summed E-state index contributed by atoms with van der Waals surface area (Å²) >= 11 is 0. The Balaban J connectivity index is 0.000000380. The summed E-state index contributed by atoms with van der Waals surface area (Å²) in [6.07, 6.45) is 1.12. The minimum Gasteiger partial charge on any atom is -0.507 e. The van der Waals surface area contributed by atoms with E-state index < -0.39 is 0 Å². The fourth-order valence-corrected chi connectivity index (χ4v) is 4.53.